The number of aromatic nitrogens is 2. The van der Waals surface area contributed by atoms with Gasteiger partial charge < -0.3 is 9.88 Å². The summed E-state index contributed by atoms with van der Waals surface area (Å²) in [4.78, 5) is 15.0. The van der Waals surface area contributed by atoms with Crippen LogP contribution in [0.2, 0.25) is 0 Å². The van der Waals surface area contributed by atoms with E-state index < -0.39 is 0 Å². The number of imidazole rings is 1. The van der Waals surface area contributed by atoms with E-state index in [2.05, 4.69) is 70.6 Å². The van der Waals surface area contributed by atoms with Crippen molar-refractivity contribution in [3.8, 4) is 0 Å². The Balaban J connectivity index is 1.44. The molecule has 164 valence electrons. The van der Waals surface area contributed by atoms with E-state index in [0.717, 1.165) is 16.7 Å². The molecule has 6 nitrogen and oxygen atoms in total. The van der Waals surface area contributed by atoms with Gasteiger partial charge in [0.25, 0.3) is 0 Å². The van der Waals surface area contributed by atoms with Crippen LogP contribution in [-0.2, 0) is 5.41 Å². The van der Waals surface area contributed by atoms with Crippen molar-refractivity contribution >= 4 is 34.5 Å². The number of rotatable bonds is 4. The number of aliphatic imine (C=N–C) groups is 1. The summed E-state index contributed by atoms with van der Waals surface area (Å²) in [6.07, 6.45) is 3.83. The predicted octanol–water partition coefficient (Wildman–Crippen LogP) is 5.53. The van der Waals surface area contributed by atoms with E-state index in [1.165, 1.54) is 16.9 Å². The van der Waals surface area contributed by atoms with Crippen LogP contribution in [0.15, 0.2) is 101 Å². The molecule has 2 N–H and O–H groups in total. The molecule has 6 heteroatoms. The number of likely N-dealkylation sites (N-methyl/N-ethyl adjacent to an activating group) is 1. The fourth-order valence-electron chi connectivity index (χ4n) is 4.34. The Hall–Kier alpha value is -4.19. The number of para-hydroxylation sites is 4. The molecule has 0 saturated carbocycles. The number of H-pyrrole nitrogens is 1. The molecule has 1 aliphatic rings. The molecular weight excluding hydrogens is 408 g/mol. The van der Waals surface area contributed by atoms with Gasteiger partial charge in [0.05, 0.1) is 16.7 Å². The highest BCUT2D eigenvalue weighted by atomic mass is 15.3. The molecule has 33 heavy (non-hydrogen) atoms. The zero-order valence-electron chi connectivity index (χ0n) is 18.9. The van der Waals surface area contributed by atoms with Crippen LogP contribution in [0, 0.1) is 0 Å². The maximum atomic E-state index is 4.74. The largest absolute Gasteiger partial charge is 0.347 e. The Morgan fingerprint density at radius 3 is 2.48 bits per heavy atom. The fourth-order valence-corrected chi connectivity index (χ4v) is 4.34. The molecule has 3 aromatic carbocycles. The highest BCUT2D eigenvalue weighted by Crippen LogP contribution is 2.46. The summed E-state index contributed by atoms with van der Waals surface area (Å²) in [6.45, 7) is 4.47. The summed E-state index contributed by atoms with van der Waals surface area (Å²) in [5.74, 6) is 1.19. The van der Waals surface area contributed by atoms with Crippen LogP contribution in [0.1, 0.15) is 25.2 Å². The van der Waals surface area contributed by atoms with Crippen LogP contribution in [-0.4, -0.2) is 29.1 Å². The van der Waals surface area contributed by atoms with Gasteiger partial charge in [-0.05, 0) is 42.0 Å². The van der Waals surface area contributed by atoms with Gasteiger partial charge in [-0.2, -0.15) is 5.10 Å². The molecule has 0 unspecified atom stereocenters. The number of hydrogen-bond donors (Lipinski definition) is 2. The quantitative estimate of drug-likeness (QED) is 0.252. The van der Waals surface area contributed by atoms with Crippen molar-refractivity contribution in [1.82, 2.24) is 15.4 Å². The average molecular weight is 435 g/mol. The van der Waals surface area contributed by atoms with Crippen molar-refractivity contribution in [2.45, 2.75) is 19.3 Å². The van der Waals surface area contributed by atoms with Crippen LogP contribution in [0.4, 0.5) is 11.4 Å². The minimum atomic E-state index is -0.100. The van der Waals surface area contributed by atoms with Gasteiger partial charge in [0.15, 0.2) is 11.7 Å². The van der Waals surface area contributed by atoms with Crippen LogP contribution in [0.3, 0.4) is 0 Å². The van der Waals surface area contributed by atoms with E-state index in [1.54, 1.807) is 6.21 Å². The summed E-state index contributed by atoms with van der Waals surface area (Å²) >= 11 is 0. The van der Waals surface area contributed by atoms with Crippen LogP contribution in [0.25, 0.3) is 11.0 Å². The smallest absolute Gasteiger partial charge is 0.190 e. The van der Waals surface area contributed by atoms with Gasteiger partial charge in [0, 0.05) is 30.1 Å². The number of anilines is 1. The second kappa shape index (κ2) is 8.39. The van der Waals surface area contributed by atoms with Crippen LogP contribution >= 0.6 is 0 Å². The molecule has 1 aliphatic heterocycles. The van der Waals surface area contributed by atoms with Crippen LogP contribution in [0.5, 0.6) is 0 Å². The summed E-state index contributed by atoms with van der Waals surface area (Å²) in [5.41, 5.74) is 9.37. The first-order chi connectivity index (χ1) is 16.0. The predicted molar refractivity (Wildman–Crippen MR) is 136 cm³/mol. The number of hydrogen-bond acceptors (Lipinski definition) is 4. The molecule has 0 amide bonds. The molecular formula is C27H26N6. The molecule has 1 aromatic heterocycles. The second-order valence-electron chi connectivity index (χ2n) is 8.54. The highest BCUT2D eigenvalue weighted by molar-refractivity contribution is 6.00. The lowest BCUT2D eigenvalue weighted by molar-refractivity contribution is 0.641. The van der Waals surface area contributed by atoms with Gasteiger partial charge in [-0.1, -0.05) is 62.4 Å². The number of nitrogens with zero attached hydrogens (tertiary/aromatic N) is 4. The Labute approximate surface area is 193 Å². The number of hydrazone groups is 1. The Morgan fingerprint density at radius 2 is 1.70 bits per heavy atom. The molecule has 0 radical (unpaired) electrons. The van der Waals surface area contributed by atoms with E-state index in [0.29, 0.717) is 11.7 Å². The Bertz CT molecular complexity index is 1350. The third-order valence-corrected chi connectivity index (χ3v) is 6.03. The molecule has 5 rings (SSSR count). The SMILES string of the molecule is CN1C(=C/C=N/NC(=Nc2ccccc2)c2nc3ccccc3[nH]2)C(C)(C)c2ccccc21. The van der Waals surface area contributed by atoms with Gasteiger partial charge in [0.1, 0.15) is 0 Å². The first-order valence-corrected chi connectivity index (χ1v) is 11.0. The number of fused-ring (bicyclic) bond motifs is 2. The summed E-state index contributed by atoms with van der Waals surface area (Å²) in [5, 5.41) is 4.47. The van der Waals surface area contributed by atoms with Crippen molar-refractivity contribution in [3.05, 3.63) is 102 Å². The van der Waals surface area contributed by atoms with Gasteiger partial charge in [0.2, 0.25) is 0 Å². The minimum absolute atomic E-state index is 0.100. The molecule has 0 aliphatic carbocycles. The number of allylic oxidation sites excluding steroid dienone is 2. The lowest BCUT2D eigenvalue weighted by Crippen LogP contribution is -2.23. The standard InChI is InChI=1S/C27H26N6/c1-27(2)20-13-7-10-16-23(20)33(3)24(27)17-18-28-32-26(29-19-11-5-4-6-12-19)25-30-21-14-8-9-15-22(21)31-25/h4-18H,1-3H3,(H,29,32)(H,30,31)/b24-17?,28-18+. The molecule has 2 heterocycles. The van der Waals surface area contributed by atoms with Gasteiger partial charge in [-0.25, -0.2) is 9.98 Å². The van der Waals surface area contributed by atoms with Gasteiger partial charge in [-0.3, -0.25) is 5.43 Å². The zero-order chi connectivity index (χ0) is 22.8. The van der Waals surface area contributed by atoms with E-state index in [1.807, 2.05) is 60.7 Å². The maximum absolute atomic E-state index is 4.74. The number of aromatic amines is 1. The maximum Gasteiger partial charge on any atom is 0.190 e. The van der Waals surface area contributed by atoms with Crippen LogP contribution < -0.4 is 10.3 Å². The molecule has 0 saturated heterocycles. The van der Waals surface area contributed by atoms with Crippen molar-refractivity contribution in [2.75, 3.05) is 11.9 Å². The molecule has 0 atom stereocenters. The minimum Gasteiger partial charge on any atom is -0.347 e. The monoisotopic (exact) mass is 434 g/mol. The lowest BCUT2D eigenvalue weighted by Gasteiger charge is -2.23. The summed E-state index contributed by atoms with van der Waals surface area (Å²) < 4.78 is 0. The lowest BCUT2D eigenvalue weighted by atomic mass is 9.84. The number of nitrogens with one attached hydrogen (secondary N) is 2. The van der Waals surface area contributed by atoms with Crippen molar-refractivity contribution in [1.29, 1.82) is 0 Å². The highest BCUT2D eigenvalue weighted by Gasteiger charge is 2.37. The zero-order valence-corrected chi connectivity index (χ0v) is 18.9. The van der Waals surface area contributed by atoms with Crippen molar-refractivity contribution in [2.24, 2.45) is 10.1 Å². The van der Waals surface area contributed by atoms with E-state index in [9.17, 15) is 0 Å². The van der Waals surface area contributed by atoms with E-state index >= 15 is 0 Å². The molecule has 0 spiro atoms. The van der Waals surface area contributed by atoms with Crippen molar-refractivity contribution in [3.63, 3.8) is 0 Å². The Kier molecular flexibility index (Phi) is 5.26. The van der Waals surface area contributed by atoms with Gasteiger partial charge >= 0.3 is 0 Å². The topological polar surface area (TPSA) is 68.7 Å². The molecule has 0 fully saturated rings. The second-order valence-corrected chi connectivity index (χ2v) is 8.54. The average Bonchev–Trinajstić information content (AvgIpc) is 3.35. The van der Waals surface area contributed by atoms with Gasteiger partial charge in [-0.15, -0.1) is 0 Å². The normalized spacial score (nSPS) is 16.6. The van der Waals surface area contributed by atoms with Crippen molar-refractivity contribution < 1.29 is 0 Å². The van der Waals surface area contributed by atoms with E-state index in [4.69, 9.17) is 4.99 Å². The van der Waals surface area contributed by atoms with E-state index in [-0.39, 0.29) is 5.41 Å². The Morgan fingerprint density at radius 1 is 0.970 bits per heavy atom. The molecule has 0 bridgehead atoms. The fraction of sp³-hybridized carbons (Fsp3) is 0.148. The number of amidine groups is 1. The summed E-state index contributed by atoms with van der Waals surface area (Å²) in [6, 6.07) is 26.2. The summed E-state index contributed by atoms with van der Waals surface area (Å²) in [7, 11) is 2.09. The third-order valence-electron chi connectivity index (χ3n) is 6.03. The number of benzene rings is 3. The first kappa shape index (κ1) is 20.7. The first-order valence-electron chi connectivity index (χ1n) is 11.0. The third kappa shape index (κ3) is 3.91. The molecule has 4 aromatic rings.